The highest BCUT2D eigenvalue weighted by molar-refractivity contribution is 5.92. The van der Waals surface area contributed by atoms with Crippen LogP contribution in [0.4, 0.5) is 0 Å². The molecule has 70 valence electrons. The number of nitrogens with two attached hydrogens (primary N) is 1. The van der Waals surface area contributed by atoms with E-state index in [1.807, 2.05) is 13.8 Å². The number of hydrogen-bond acceptors (Lipinski definition) is 3. The molecule has 1 heterocycles. The van der Waals surface area contributed by atoms with Crippen molar-refractivity contribution in [1.29, 1.82) is 0 Å². The zero-order valence-corrected chi connectivity index (χ0v) is 7.65. The van der Waals surface area contributed by atoms with E-state index in [4.69, 9.17) is 10.5 Å². The predicted molar refractivity (Wildman–Crippen MR) is 48.5 cm³/mol. The van der Waals surface area contributed by atoms with Crippen LogP contribution in [0.1, 0.15) is 24.2 Å². The Morgan fingerprint density at radius 1 is 1.62 bits per heavy atom. The van der Waals surface area contributed by atoms with E-state index in [0.29, 0.717) is 11.4 Å². The second kappa shape index (κ2) is 3.89. The fourth-order valence-corrected chi connectivity index (χ4v) is 0.869. The number of carbonyl (C=O) groups excluding carboxylic acids is 1. The van der Waals surface area contributed by atoms with Crippen LogP contribution >= 0.6 is 0 Å². The predicted octanol–water partition coefficient (Wildman–Crippen LogP) is 0.968. The van der Waals surface area contributed by atoms with Gasteiger partial charge in [-0.2, -0.15) is 0 Å². The zero-order chi connectivity index (χ0) is 9.84. The molecule has 13 heavy (non-hydrogen) atoms. The lowest BCUT2D eigenvalue weighted by Crippen LogP contribution is -2.12. The monoisotopic (exact) mass is 180 g/mol. The van der Waals surface area contributed by atoms with Crippen molar-refractivity contribution in [2.75, 3.05) is 0 Å². The molecule has 0 radical (unpaired) electrons. The van der Waals surface area contributed by atoms with Crippen LogP contribution in [0.15, 0.2) is 18.3 Å². The van der Waals surface area contributed by atoms with E-state index in [2.05, 4.69) is 4.98 Å². The molecule has 1 rings (SSSR count). The maximum atomic E-state index is 10.8. The summed E-state index contributed by atoms with van der Waals surface area (Å²) in [6.45, 7) is 3.78. The van der Waals surface area contributed by atoms with E-state index in [-0.39, 0.29) is 6.10 Å². The standard InChI is InChI=1S/C9H12N2O2/c1-6(2)13-8-5-7(9(10)12)3-4-11-8/h3-6H,1-2H3,(H2,10,12). The molecule has 0 bridgehead atoms. The molecule has 4 nitrogen and oxygen atoms in total. The Morgan fingerprint density at radius 2 is 2.31 bits per heavy atom. The van der Waals surface area contributed by atoms with Gasteiger partial charge in [0.1, 0.15) is 0 Å². The number of primary amides is 1. The maximum Gasteiger partial charge on any atom is 0.248 e. The van der Waals surface area contributed by atoms with Crippen LogP contribution in [-0.2, 0) is 0 Å². The summed E-state index contributed by atoms with van der Waals surface area (Å²) in [5.41, 5.74) is 5.50. The number of carbonyl (C=O) groups is 1. The third kappa shape index (κ3) is 2.74. The Morgan fingerprint density at radius 3 is 2.85 bits per heavy atom. The van der Waals surface area contributed by atoms with Gasteiger partial charge in [0.25, 0.3) is 0 Å². The number of pyridine rings is 1. The first-order valence-electron chi connectivity index (χ1n) is 4.02. The topological polar surface area (TPSA) is 65.2 Å². The molecule has 0 spiro atoms. The lowest BCUT2D eigenvalue weighted by atomic mass is 10.2. The molecule has 0 saturated carbocycles. The number of aromatic nitrogens is 1. The first-order chi connectivity index (χ1) is 6.09. The van der Waals surface area contributed by atoms with Gasteiger partial charge in [0, 0.05) is 17.8 Å². The lowest BCUT2D eigenvalue weighted by molar-refractivity contribution is 0.0999. The summed E-state index contributed by atoms with van der Waals surface area (Å²) < 4.78 is 5.29. The van der Waals surface area contributed by atoms with Gasteiger partial charge in [-0.25, -0.2) is 4.98 Å². The van der Waals surface area contributed by atoms with Gasteiger partial charge >= 0.3 is 0 Å². The zero-order valence-electron chi connectivity index (χ0n) is 7.65. The second-order valence-electron chi connectivity index (χ2n) is 2.91. The van der Waals surface area contributed by atoms with Crippen molar-refractivity contribution < 1.29 is 9.53 Å². The molecule has 1 aromatic rings. The molecule has 2 N–H and O–H groups in total. The summed E-state index contributed by atoms with van der Waals surface area (Å²) in [6.07, 6.45) is 1.54. The van der Waals surface area contributed by atoms with Gasteiger partial charge in [-0.05, 0) is 19.9 Å². The minimum absolute atomic E-state index is 0.0376. The van der Waals surface area contributed by atoms with Crippen molar-refractivity contribution in [2.45, 2.75) is 20.0 Å². The summed E-state index contributed by atoms with van der Waals surface area (Å²) in [5, 5.41) is 0. The number of rotatable bonds is 3. The van der Waals surface area contributed by atoms with E-state index in [1.54, 1.807) is 6.07 Å². The number of amides is 1. The minimum atomic E-state index is -0.476. The average molecular weight is 180 g/mol. The summed E-state index contributed by atoms with van der Waals surface area (Å²) >= 11 is 0. The van der Waals surface area contributed by atoms with E-state index in [0.717, 1.165) is 0 Å². The molecule has 0 aliphatic carbocycles. The molecule has 0 unspecified atom stereocenters. The second-order valence-corrected chi connectivity index (χ2v) is 2.91. The van der Waals surface area contributed by atoms with Crippen LogP contribution < -0.4 is 10.5 Å². The summed E-state index contributed by atoms with van der Waals surface area (Å²) in [7, 11) is 0. The molecular weight excluding hydrogens is 168 g/mol. The molecule has 0 aliphatic rings. The minimum Gasteiger partial charge on any atom is -0.475 e. The van der Waals surface area contributed by atoms with Gasteiger partial charge in [0.15, 0.2) is 0 Å². The molecule has 0 aromatic carbocycles. The third-order valence-corrected chi connectivity index (χ3v) is 1.38. The average Bonchev–Trinajstić information content (AvgIpc) is 2.03. The van der Waals surface area contributed by atoms with Gasteiger partial charge < -0.3 is 10.5 Å². The van der Waals surface area contributed by atoms with Crippen LogP contribution in [0, 0.1) is 0 Å². The van der Waals surface area contributed by atoms with E-state index in [9.17, 15) is 4.79 Å². The van der Waals surface area contributed by atoms with Gasteiger partial charge in [-0.15, -0.1) is 0 Å². The normalized spacial score (nSPS) is 10.1. The first-order valence-corrected chi connectivity index (χ1v) is 4.02. The fraction of sp³-hybridized carbons (Fsp3) is 0.333. The summed E-state index contributed by atoms with van der Waals surface area (Å²) in [5.74, 6) is -0.0534. The highest BCUT2D eigenvalue weighted by atomic mass is 16.5. The van der Waals surface area contributed by atoms with Crippen molar-refractivity contribution >= 4 is 5.91 Å². The first kappa shape index (κ1) is 9.51. The molecule has 4 heteroatoms. The Labute approximate surface area is 76.7 Å². The molecule has 0 aliphatic heterocycles. The maximum absolute atomic E-state index is 10.8. The Kier molecular flexibility index (Phi) is 2.84. The molecule has 0 atom stereocenters. The number of ether oxygens (including phenoxy) is 1. The fourth-order valence-electron chi connectivity index (χ4n) is 0.869. The summed E-state index contributed by atoms with van der Waals surface area (Å²) in [4.78, 5) is 14.7. The Hall–Kier alpha value is -1.58. The van der Waals surface area contributed by atoms with Crippen LogP contribution in [0.5, 0.6) is 5.88 Å². The van der Waals surface area contributed by atoms with Crippen molar-refractivity contribution in [2.24, 2.45) is 5.73 Å². The highest BCUT2D eigenvalue weighted by Gasteiger charge is 2.03. The van der Waals surface area contributed by atoms with Gasteiger partial charge in [-0.3, -0.25) is 4.79 Å². The van der Waals surface area contributed by atoms with Crippen molar-refractivity contribution in [1.82, 2.24) is 4.98 Å². The molecular formula is C9H12N2O2. The third-order valence-electron chi connectivity index (χ3n) is 1.38. The SMILES string of the molecule is CC(C)Oc1cc(C(N)=O)ccn1. The van der Waals surface area contributed by atoms with Crippen LogP contribution in [-0.4, -0.2) is 17.0 Å². The molecule has 0 saturated heterocycles. The van der Waals surface area contributed by atoms with Crippen LogP contribution in [0.3, 0.4) is 0 Å². The van der Waals surface area contributed by atoms with Crippen molar-refractivity contribution in [3.8, 4) is 5.88 Å². The quantitative estimate of drug-likeness (QED) is 0.753. The lowest BCUT2D eigenvalue weighted by Gasteiger charge is -2.08. The van der Waals surface area contributed by atoms with Gasteiger partial charge in [0.05, 0.1) is 6.10 Å². The summed E-state index contributed by atoms with van der Waals surface area (Å²) in [6, 6.07) is 3.08. The van der Waals surface area contributed by atoms with Crippen molar-refractivity contribution in [3.05, 3.63) is 23.9 Å². The van der Waals surface area contributed by atoms with Gasteiger partial charge in [-0.1, -0.05) is 0 Å². The Bertz CT molecular complexity index is 310. The number of nitrogens with zero attached hydrogens (tertiary/aromatic N) is 1. The van der Waals surface area contributed by atoms with E-state index in [1.165, 1.54) is 12.3 Å². The largest absolute Gasteiger partial charge is 0.475 e. The highest BCUT2D eigenvalue weighted by Crippen LogP contribution is 2.10. The smallest absolute Gasteiger partial charge is 0.248 e. The Balaban J connectivity index is 2.85. The van der Waals surface area contributed by atoms with Crippen LogP contribution in [0.25, 0.3) is 0 Å². The van der Waals surface area contributed by atoms with Crippen molar-refractivity contribution in [3.63, 3.8) is 0 Å². The van der Waals surface area contributed by atoms with E-state index >= 15 is 0 Å². The van der Waals surface area contributed by atoms with Crippen LogP contribution in [0.2, 0.25) is 0 Å². The number of hydrogen-bond donors (Lipinski definition) is 1. The van der Waals surface area contributed by atoms with E-state index < -0.39 is 5.91 Å². The molecule has 1 amide bonds. The molecule has 1 aromatic heterocycles. The van der Waals surface area contributed by atoms with Gasteiger partial charge in [0.2, 0.25) is 11.8 Å². The molecule has 0 fully saturated rings.